The van der Waals surface area contributed by atoms with Crippen LogP contribution in [0.25, 0.3) is 0 Å². The lowest BCUT2D eigenvalue weighted by atomic mass is 9.82. The van der Waals surface area contributed by atoms with Gasteiger partial charge in [0, 0.05) is 5.92 Å². The molecule has 2 saturated carbocycles. The summed E-state index contributed by atoms with van der Waals surface area (Å²) in [6, 6.07) is 0.562. The van der Waals surface area contributed by atoms with Gasteiger partial charge in [-0.15, -0.1) is 0 Å². The highest BCUT2D eigenvalue weighted by Gasteiger charge is 2.26. The maximum atomic E-state index is 6.05. The van der Waals surface area contributed by atoms with Gasteiger partial charge in [0.05, 0.1) is 11.9 Å². The number of nitrogens with two attached hydrogens (primary N) is 1. The van der Waals surface area contributed by atoms with Gasteiger partial charge in [0.1, 0.15) is 0 Å². The molecule has 2 N–H and O–H groups in total. The van der Waals surface area contributed by atoms with Crippen molar-refractivity contribution in [3.05, 3.63) is 0 Å². The van der Waals surface area contributed by atoms with E-state index in [9.17, 15) is 0 Å². The first-order valence-electron chi connectivity index (χ1n) is 6.09. The quantitative estimate of drug-likeness (QED) is 0.532. The van der Waals surface area contributed by atoms with Crippen LogP contribution in [0.4, 0.5) is 0 Å². The van der Waals surface area contributed by atoms with Crippen LogP contribution in [-0.2, 0) is 0 Å². The van der Waals surface area contributed by atoms with Crippen LogP contribution in [0.15, 0.2) is 4.99 Å². The zero-order chi connectivity index (χ0) is 9.97. The molecule has 0 unspecified atom stereocenters. The first kappa shape index (κ1) is 10.0. The van der Waals surface area contributed by atoms with Gasteiger partial charge in [-0.05, 0) is 31.6 Å². The van der Waals surface area contributed by atoms with Crippen molar-refractivity contribution < 1.29 is 0 Å². The normalized spacial score (nSPS) is 35.4. The highest BCUT2D eigenvalue weighted by atomic mass is 14.9. The molecule has 0 bridgehead atoms. The minimum absolute atomic E-state index is 0.562. The Bertz CT molecular complexity index is 210. The molecule has 80 valence electrons. The molecule has 0 aromatic rings. The van der Waals surface area contributed by atoms with Crippen molar-refractivity contribution >= 4 is 5.84 Å². The highest BCUT2D eigenvalue weighted by molar-refractivity contribution is 5.83. The summed E-state index contributed by atoms with van der Waals surface area (Å²) in [5, 5.41) is 0. The van der Waals surface area contributed by atoms with E-state index in [-0.39, 0.29) is 0 Å². The zero-order valence-corrected chi connectivity index (χ0v) is 9.21. The predicted molar refractivity (Wildman–Crippen MR) is 60.4 cm³/mol. The van der Waals surface area contributed by atoms with Crippen LogP contribution in [0.2, 0.25) is 0 Å². The Hall–Kier alpha value is -0.530. The summed E-state index contributed by atoms with van der Waals surface area (Å²) in [7, 11) is 0. The third-order valence-corrected chi connectivity index (χ3v) is 3.70. The van der Waals surface area contributed by atoms with Gasteiger partial charge in [0.25, 0.3) is 0 Å². The molecule has 2 nitrogen and oxygen atoms in total. The summed E-state index contributed by atoms with van der Waals surface area (Å²) in [6.45, 7) is 2.29. The van der Waals surface area contributed by atoms with Gasteiger partial charge in [-0.25, -0.2) is 0 Å². The van der Waals surface area contributed by atoms with Gasteiger partial charge < -0.3 is 5.73 Å². The van der Waals surface area contributed by atoms with Gasteiger partial charge in [0.15, 0.2) is 0 Å². The molecular weight excluding hydrogens is 172 g/mol. The largest absolute Gasteiger partial charge is 0.387 e. The Morgan fingerprint density at radius 1 is 1.14 bits per heavy atom. The summed E-state index contributed by atoms with van der Waals surface area (Å²) < 4.78 is 0. The second-order valence-corrected chi connectivity index (χ2v) is 5.12. The van der Waals surface area contributed by atoms with Crippen LogP contribution in [0.5, 0.6) is 0 Å². The Morgan fingerprint density at radius 2 is 1.79 bits per heavy atom. The van der Waals surface area contributed by atoms with Crippen LogP contribution in [0.1, 0.15) is 51.9 Å². The van der Waals surface area contributed by atoms with Crippen LogP contribution in [-0.4, -0.2) is 11.9 Å². The Kier molecular flexibility index (Phi) is 3.09. The molecule has 2 heteroatoms. The van der Waals surface area contributed by atoms with Crippen molar-refractivity contribution in [2.24, 2.45) is 22.6 Å². The number of hydrogen-bond acceptors (Lipinski definition) is 1. The Balaban J connectivity index is 1.83. The summed E-state index contributed by atoms with van der Waals surface area (Å²) in [5.74, 6) is 2.45. The molecule has 0 aromatic heterocycles. The standard InChI is InChI=1S/C12H22N2/c1-9-7-11(8-9)14-12(13)10-5-3-2-4-6-10/h9-11H,2-8H2,1H3,(H2,13,14). The van der Waals surface area contributed by atoms with E-state index in [1.807, 2.05) is 0 Å². The van der Waals surface area contributed by atoms with E-state index in [4.69, 9.17) is 5.73 Å². The number of nitrogens with zero attached hydrogens (tertiary/aromatic N) is 1. The minimum Gasteiger partial charge on any atom is -0.387 e. The monoisotopic (exact) mass is 194 g/mol. The van der Waals surface area contributed by atoms with Crippen LogP contribution >= 0.6 is 0 Å². The van der Waals surface area contributed by atoms with E-state index in [1.54, 1.807) is 0 Å². The van der Waals surface area contributed by atoms with Crippen molar-refractivity contribution in [3.63, 3.8) is 0 Å². The van der Waals surface area contributed by atoms with Crippen molar-refractivity contribution in [1.29, 1.82) is 0 Å². The molecule has 0 aliphatic heterocycles. The van der Waals surface area contributed by atoms with E-state index < -0.39 is 0 Å². The first-order valence-corrected chi connectivity index (χ1v) is 6.09. The molecule has 0 amide bonds. The lowest BCUT2D eigenvalue weighted by Crippen LogP contribution is -2.32. The van der Waals surface area contributed by atoms with E-state index >= 15 is 0 Å². The lowest BCUT2D eigenvalue weighted by Gasteiger charge is -2.31. The molecular formula is C12H22N2. The van der Waals surface area contributed by atoms with E-state index in [0.717, 1.165) is 11.8 Å². The average Bonchev–Trinajstić information content (AvgIpc) is 2.17. The maximum Gasteiger partial charge on any atom is 0.0971 e. The molecule has 0 heterocycles. The SMILES string of the molecule is CC1CC(N=C(N)C2CCCCC2)C1. The summed E-state index contributed by atoms with van der Waals surface area (Å²) in [5.41, 5.74) is 6.05. The van der Waals surface area contributed by atoms with Crippen LogP contribution in [0, 0.1) is 11.8 Å². The fourth-order valence-corrected chi connectivity index (χ4v) is 2.68. The molecule has 0 spiro atoms. The lowest BCUT2D eigenvalue weighted by molar-refractivity contribution is 0.290. The van der Waals surface area contributed by atoms with Crippen LogP contribution < -0.4 is 5.73 Å². The van der Waals surface area contributed by atoms with E-state index in [2.05, 4.69) is 11.9 Å². The van der Waals surface area contributed by atoms with Crippen molar-refractivity contribution in [2.45, 2.75) is 57.9 Å². The van der Waals surface area contributed by atoms with Crippen molar-refractivity contribution in [2.75, 3.05) is 0 Å². The predicted octanol–water partition coefficient (Wildman–Crippen LogP) is 2.72. The van der Waals surface area contributed by atoms with E-state index in [1.165, 1.54) is 44.9 Å². The van der Waals surface area contributed by atoms with Gasteiger partial charge >= 0.3 is 0 Å². The molecule has 0 aromatic carbocycles. The van der Waals surface area contributed by atoms with Crippen molar-refractivity contribution in [1.82, 2.24) is 0 Å². The first-order chi connectivity index (χ1) is 6.75. The number of hydrogen-bond donors (Lipinski definition) is 1. The molecule has 2 aliphatic carbocycles. The fourth-order valence-electron chi connectivity index (χ4n) is 2.68. The molecule has 2 fully saturated rings. The number of amidine groups is 1. The minimum atomic E-state index is 0.562. The molecule has 0 saturated heterocycles. The number of aliphatic imine (C=N–C) groups is 1. The van der Waals surface area contributed by atoms with Crippen LogP contribution in [0.3, 0.4) is 0 Å². The molecule has 0 radical (unpaired) electrons. The van der Waals surface area contributed by atoms with Gasteiger partial charge in [-0.2, -0.15) is 0 Å². The van der Waals surface area contributed by atoms with Gasteiger partial charge in [-0.3, -0.25) is 4.99 Å². The highest BCUT2D eigenvalue weighted by Crippen LogP contribution is 2.30. The molecule has 2 aliphatic rings. The molecule has 0 atom stereocenters. The Morgan fingerprint density at radius 3 is 2.36 bits per heavy atom. The Labute approximate surface area is 87.0 Å². The van der Waals surface area contributed by atoms with E-state index in [0.29, 0.717) is 12.0 Å². The second kappa shape index (κ2) is 4.33. The topological polar surface area (TPSA) is 38.4 Å². The zero-order valence-electron chi connectivity index (χ0n) is 9.21. The fraction of sp³-hybridized carbons (Fsp3) is 0.917. The number of rotatable bonds is 2. The maximum absolute atomic E-state index is 6.05. The third kappa shape index (κ3) is 2.28. The average molecular weight is 194 g/mol. The molecule has 14 heavy (non-hydrogen) atoms. The summed E-state index contributed by atoms with van der Waals surface area (Å²) in [4.78, 5) is 4.65. The van der Waals surface area contributed by atoms with Crippen molar-refractivity contribution in [3.8, 4) is 0 Å². The summed E-state index contributed by atoms with van der Waals surface area (Å²) in [6.07, 6.45) is 9.16. The van der Waals surface area contributed by atoms with Gasteiger partial charge in [0.2, 0.25) is 0 Å². The second-order valence-electron chi connectivity index (χ2n) is 5.12. The smallest absolute Gasteiger partial charge is 0.0971 e. The third-order valence-electron chi connectivity index (χ3n) is 3.70. The molecule has 2 rings (SSSR count). The van der Waals surface area contributed by atoms with Gasteiger partial charge in [-0.1, -0.05) is 26.2 Å². The summed E-state index contributed by atoms with van der Waals surface area (Å²) >= 11 is 0.